The summed E-state index contributed by atoms with van der Waals surface area (Å²) < 4.78 is 0. The molecule has 0 fully saturated rings. The molecular formula is C13H21N. The lowest BCUT2D eigenvalue weighted by atomic mass is 9.96. The van der Waals surface area contributed by atoms with Gasteiger partial charge in [-0.25, -0.2) is 0 Å². The monoisotopic (exact) mass is 191 g/mol. The van der Waals surface area contributed by atoms with Crippen molar-refractivity contribution in [3.05, 3.63) is 35.9 Å². The molecule has 0 aliphatic carbocycles. The number of hydrogen-bond acceptors (Lipinski definition) is 1. The Labute approximate surface area is 87.3 Å². The van der Waals surface area contributed by atoms with E-state index in [1.165, 1.54) is 18.4 Å². The highest BCUT2D eigenvalue weighted by Crippen LogP contribution is 2.19. The van der Waals surface area contributed by atoms with E-state index in [1.807, 2.05) is 6.07 Å². The first-order chi connectivity index (χ1) is 6.74. The fraction of sp³-hybridized carbons (Fsp3) is 0.538. The van der Waals surface area contributed by atoms with Crippen molar-refractivity contribution >= 4 is 0 Å². The van der Waals surface area contributed by atoms with Gasteiger partial charge in [-0.3, -0.25) is 0 Å². The highest BCUT2D eigenvalue weighted by Gasteiger charge is 2.06. The van der Waals surface area contributed by atoms with Crippen LogP contribution in [0.25, 0.3) is 0 Å². The maximum absolute atomic E-state index is 6.10. The Morgan fingerprint density at radius 1 is 1.14 bits per heavy atom. The van der Waals surface area contributed by atoms with Crippen LogP contribution in [0.4, 0.5) is 0 Å². The summed E-state index contributed by atoms with van der Waals surface area (Å²) in [4.78, 5) is 0. The quantitative estimate of drug-likeness (QED) is 0.757. The molecule has 2 N–H and O–H groups in total. The largest absolute Gasteiger partial charge is 0.324 e. The van der Waals surface area contributed by atoms with Gasteiger partial charge in [-0.2, -0.15) is 0 Å². The molecule has 0 heterocycles. The molecular weight excluding hydrogens is 170 g/mol. The van der Waals surface area contributed by atoms with E-state index in [9.17, 15) is 0 Å². The number of rotatable bonds is 5. The fourth-order valence-electron chi connectivity index (χ4n) is 1.54. The highest BCUT2D eigenvalue weighted by atomic mass is 14.6. The van der Waals surface area contributed by atoms with Crippen LogP contribution >= 0.6 is 0 Å². The van der Waals surface area contributed by atoms with Crippen LogP contribution in [-0.2, 0) is 0 Å². The zero-order valence-corrected chi connectivity index (χ0v) is 9.24. The predicted molar refractivity (Wildman–Crippen MR) is 62.1 cm³/mol. The van der Waals surface area contributed by atoms with Crippen LogP contribution in [0.3, 0.4) is 0 Å². The first kappa shape index (κ1) is 11.3. The highest BCUT2D eigenvalue weighted by molar-refractivity contribution is 5.18. The zero-order valence-electron chi connectivity index (χ0n) is 9.24. The Balaban J connectivity index is 2.39. The molecule has 1 nitrogen and oxygen atoms in total. The van der Waals surface area contributed by atoms with Crippen molar-refractivity contribution in [1.82, 2.24) is 0 Å². The minimum absolute atomic E-state index is 0.213. The SMILES string of the molecule is CCC(C)CCC(N)c1ccccc1. The average molecular weight is 191 g/mol. The van der Waals surface area contributed by atoms with E-state index in [1.54, 1.807) is 0 Å². The molecule has 1 heteroatoms. The van der Waals surface area contributed by atoms with Crippen molar-refractivity contribution in [2.24, 2.45) is 11.7 Å². The van der Waals surface area contributed by atoms with E-state index >= 15 is 0 Å². The van der Waals surface area contributed by atoms with E-state index in [2.05, 4.69) is 38.1 Å². The third kappa shape index (κ3) is 3.51. The second kappa shape index (κ2) is 5.82. The van der Waals surface area contributed by atoms with Gasteiger partial charge in [0.05, 0.1) is 0 Å². The van der Waals surface area contributed by atoms with Crippen LogP contribution in [0.5, 0.6) is 0 Å². The second-order valence-electron chi connectivity index (χ2n) is 4.11. The number of benzene rings is 1. The predicted octanol–water partition coefficient (Wildman–Crippen LogP) is 3.51. The molecule has 0 aromatic heterocycles. The molecule has 2 unspecified atom stereocenters. The summed E-state index contributed by atoms with van der Waals surface area (Å²) in [6.07, 6.45) is 3.58. The van der Waals surface area contributed by atoms with E-state index in [-0.39, 0.29) is 6.04 Å². The van der Waals surface area contributed by atoms with Crippen LogP contribution in [0.2, 0.25) is 0 Å². The third-order valence-corrected chi connectivity index (χ3v) is 2.90. The van der Waals surface area contributed by atoms with Crippen molar-refractivity contribution in [2.75, 3.05) is 0 Å². The molecule has 0 saturated carbocycles. The Kier molecular flexibility index (Phi) is 4.68. The average Bonchev–Trinajstić information content (AvgIpc) is 2.26. The van der Waals surface area contributed by atoms with Crippen LogP contribution in [0.15, 0.2) is 30.3 Å². The molecule has 14 heavy (non-hydrogen) atoms. The summed E-state index contributed by atoms with van der Waals surface area (Å²) in [5.74, 6) is 0.796. The van der Waals surface area contributed by atoms with Crippen molar-refractivity contribution in [3.63, 3.8) is 0 Å². The molecule has 0 aliphatic heterocycles. The van der Waals surface area contributed by atoms with Crippen LogP contribution in [0, 0.1) is 5.92 Å². The first-order valence-electron chi connectivity index (χ1n) is 5.54. The molecule has 1 rings (SSSR count). The van der Waals surface area contributed by atoms with Crippen LogP contribution < -0.4 is 5.73 Å². The zero-order chi connectivity index (χ0) is 10.4. The molecule has 0 bridgehead atoms. The molecule has 0 spiro atoms. The molecule has 0 saturated heterocycles. The molecule has 0 amide bonds. The van der Waals surface area contributed by atoms with Gasteiger partial charge in [0.2, 0.25) is 0 Å². The summed E-state index contributed by atoms with van der Waals surface area (Å²) >= 11 is 0. The Hall–Kier alpha value is -0.820. The van der Waals surface area contributed by atoms with E-state index in [0.717, 1.165) is 12.3 Å². The third-order valence-electron chi connectivity index (χ3n) is 2.90. The summed E-state index contributed by atoms with van der Waals surface area (Å²) in [6.45, 7) is 4.52. The first-order valence-corrected chi connectivity index (χ1v) is 5.54. The lowest BCUT2D eigenvalue weighted by Gasteiger charge is -2.14. The minimum Gasteiger partial charge on any atom is -0.324 e. The molecule has 0 radical (unpaired) electrons. The van der Waals surface area contributed by atoms with E-state index < -0.39 is 0 Å². The van der Waals surface area contributed by atoms with Gasteiger partial charge in [-0.1, -0.05) is 50.6 Å². The van der Waals surface area contributed by atoms with Crippen LogP contribution in [0.1, 0.15) is 44.7 Å². The van der Waals surface area contributed by atoms with Gasteiger partial charge in [-0.05, 0) is 24.3 Å². The van der Waals surface area contributed by atoms with Gasteiger partial charge in [0.15, 0.2) is 0 Å². The standard InChI is InChI=1S/C13H21N/c1-3-11(2)9-10-13(14)12-7-5-4-6-8-12/h4-8,11,13H,3,9-10,14H2,1-2H3. The lowest BCUT2D eigenvalue weighted by molar-refractivity contribution is 0.464. The van der Waals surface area contributed by atoms with Gasteiger partial charge in [0.1, 0.15) is 0 Å². The fourth-order valence-corrected chi connectivity index (χ4v) is 1.54. The molecule has 1 aromatic carbocycles. The van der Waals surface area contributed by atoms with E-state index in [4.69, 9.17) is 5.73 Å². The van der Waals surface area contributed by atoms with Crippen molar-refractivity contribution in [2.45, 2.75) is 39.2 Å². The van der Waals surface area contributed by atoms with E-state index in [0.29, 0.717) is 0 Å². The van der Waals surface area contributed by atoms with Crippen molar-refractivity contribution in [3.8, 4) is 0 Å². The topological polar surface area (TPSA) is 26.0 Å². The summed E-state index contributed by atoms with van der Waals surface area (Å²) in [5, 5.41) is 0. The maximum Gasteiger partial charge on any atom is 0.0294 e. The van der Waals surface area contributed by atoms with Gasteiger partial charge < -0.3 is 5.73 Å². The summed E-state index contributed by atoms with van der Waals surface area (Å²) in [7, 11) is 0. The molecule has 0 aliphatic rings. The summed E-state index contributed by atoms with van der Waals surface area (Å²) in [6, 6.07) is 10.6. The van der Waals surface area contributed by atoms with Crippen molar-refractivity contribution in [1.29, 1.82) is 0 Å². The van der Waals surface area contributed by atoms with Gasteiger partial charge in [0.25, 0.3) is 0 Å². The summed E-state index contributed by atoms with van der Waals surface area (Å²) in [5.41, 5.74) is 7.36. The maximum atomic E-state index is 6.10. The van der Waals surface area contributed by atoms with Gasteiger partial charge in [0, 0.05) is 6.04 Å². The molecule has 1 aromatic rings. The number of hydrogen-bond donors (Lipinski definition) is 1. The van der Waals surface area contributed by atoms with Crippen LogP contribution in [-0.4, -0.2) is 0 Å². The normalized spacial score (nSPS) is 15.1. The smallest absolute Gasteiger partial charge is 0.0294 e. The Bertz CT molecular complexity index is 243. The Morgan fingerprint density at radius 2 is 1.79 bits per heavy atom. The van der Waals surface area contributed by atoms with Gasteiger partial charge >= 0.3 is 0 Å². The number of nitrogens with two attached hydrogens (primary N) is 1. The lowest BCUT2D eigenvalue weighted by Crippen LogP contribution is -2.11. The van der Waals surface area contributed by atoms with Crippen molar-refractivity contribution < 1.29 is 0 Å². The molecule has 78 valence electrons. The van der Waals surface area contributed by atoms with Gasteiger partial charge in [-0.15, -0.1) is 0 Å². The second-order valence-corrected chi connectivity index (χ2v) is 4.11. The Morgan fingerprint density at radius 3 is 2.36 bits per heavy atom. The minimum atomic E-state index is 0.213. The molecule has 2 atom stereocenters.